The van der Waals surface area contributed by atoms with Gasteiger partial charge in [-0.15, -0.1) is 0 Å². The molecular weight excluding hydrogens is 396 g/mol. The molecule has 1 aromatic heterocycles. The molecule has 0 unspecified atom stereocenters. The quantitative estimate of drug-likeness (QED) is 0.473. The lowest BCUT2D eigenvalue weighted by Crippen LogP contribution is -2.13. The van der Waals surface area contributed by atoms with Gasteiger partial charge in [-0.2, -0.15) is 5.10 Å². The molecule has 1 N–H and O–H groups in total. The van der Waals surface area contributed by atoms with Gasteiger partial charge in [0, 0.05) is 17.2 Å². The van der Waals surface area contributed by atoms with E-state index in [1.807, 2.05) is 0 Å². The van der Waals surface area contributed by atoms with Crippen molar-refractivity contribution in [2.45, 2.75) is 11.6 Å². The number of rotatable bonds is 7. The highest BCUT2D eigenvalue weighted by Crippen LogP contribution is 2.21. The first-order chi connectivity index (χ1) is 12.8. The van der Waals surface area contributed by atoms with Gasteiger partial charge in [-0.1, -0.05) is 23.7 Å². The molecule has 1 heterocycles. The second-order valence-electron chi connectivity index (χ2n) is 5.36. The third-order valence-electron chi connectivity index (χ3n) is 3.38. The van der Waals surface area contributed by atoms with Crippen LogP contribution in [-0.4, -0.2) is 23.1 Å². The molecule has 0 fully saturated rings. The van der Waals surface area contributed by atoms with Gasteiger partial charge in [0.15, 0.2) is 6.73 Å². The van der Waals surface area contributed by atoms with Crippen LogP contribution in [-0.2, 0) is 16.8 Å². The van der Waals surface area contributed by atoms with Crippen molar-refractivity contribution in [3.05, 3.63) is 76.1 Å². The number of nitrogens with zero attached hydrogens (tertiary/aromatic N) is 3. The van der Waals surface area contributed by atoms with Crippen LogP contribution in [0.15, 0.2) is 65.8 Å². The summed E-state index contributed by atoms with van der Waals surface area (Å²) in [5, 5.41) is 15.3. The van der Waals surface area contributed by atoms with Crippen LogP contribution < -0.4 is 9.46 Å². The summed E-state index contributed by atoms with van der Waals surface area (Å²) in [5.74, 6) is 0.539. The Morgan fingerprint density at radius 3 is 2.74 bits per heavy atom. The molecule has 9 nitrogen and oxygen atoms in total. The summed E-state index contributed by atoms with van der Waals surface area (Å²) in [7, 11) is -3.99. The molecule has 11 heteroatoms. The van der Waals surface area contributed by atoms with E-state index >= 15 is 0 Å². The third kappa shape index (κ3) is 4.74. The molecule has 140 valence electrons. The number of hydrogen-bond donors (Lipinski definition) is 1. The maximum absolute atomic E-state index is 12.4. The molecule has 0 aliphatic carbocycles. The Hall–Kier alpha value is -3.11. The van der Waals surface area contributed by atoms with E-state index in [9.17, 15) is 18.5 Å². The number of non-ortho nitro benzene ring substituents is 1. The van der Waals surface area contributed by atoms with Gasteiger partial charge in [0.05, 0.1) is 27.9 Å². The number of aromatic nitrogens is 2. The number of nitrogens with one attached hydrogen (secondary N) is 1. The maximum atomic E-state index is 12.4. The van der Waals surface area contributed by atoms with Crippen molar-refractivity contribution in [1.29, 1.82) is 0 Å². The smallest absolute Gasteiger partial charge is 0.270 e. The largest absolute Gasteiger partial charge is 0.471 e. The molecule has 0 atom stereocenters. The first-order valence-corrected chi connectivity index (χ1v) is 9.38. The van der Waals surface area contributed by atoms with Crippen LogP contribution in [0.3, 0.4) is 0 Å². The van der Waals surface area contributed by atoms with Crippen LogP contribution in [0.2, 0.25) is 5.02 Å². The fraction of sp³-hybridized carbons (Fsp3) is 0.0625. The van der Waals surface area contributed by atoms with Gasteiger partial charge in [-0.25, -0.2) is 13.1 Å². The Morgan fingerprint density at radius 1 is 1.22 bits per heavy atom. The second-order valence-corrected chi connectivity index (χ2v) is 7.48. The highest BCUT2D eigenvalue weighted by molar-refractivity contribution is 7.92. The van der Waals surface area contributed by atoms with Crippen molar-refractivity contribution in [3.63, 3.8) is 0 Å². The SMILES string of the molecule is O=[N+]([O-])c1cccc(S(=O)(=O)Nc2cnn(COc3cccc(Cl)c3)c2)c1. The van der Waals surface area contributed by atoms with E-state index in [1.165, 1.54) is 35.3 Å². The van der Waals surface area contributed by atoms with Crippen molar-refractivity contribution in [2.75, 3.05) is 4.72 Å². The van der Waals surface area contributed by atoms with E-state index in [0.717, 1.165) is 6.07 Å². The maximum Gasteiger partial charge on any atom is 0.270 e. The minimum absolute atomic E-state index is 0.0406. The summed E-state index contributed by atoms with van der Waals surface area (Å²) in [6.45, 7) is 0.0406. The van der Waals surface area contributed by atoms with Gasteiger partial charge in [-0.05, 0) is 24.3 Å². The molecular formula is C16H13ClN4O5S. The van der Waals surface area contributed by atoms with E-state index in [4.69, 9.17) is 16.3 Å². The standard InChI is InChI=1S/C16H13ClN4O5S/c17-12-3-1-5-15(7-12)26-11-20-10-13(9-18-20)19-27(24,25)16-6-2-4-14(8-16)21(22)23/h1-10,19H,11H2. The number of sulfonamides is 1. The van der Waals surface area contributed by atoms with Crippen LogP contribution in [0.4, 0.5) is 11.4 Å². The van der Waals surface area contributed by atoms with Gasteiger partial charge in [0.25, 0.3) is 15.7 Å². The monoisotopic (exact) mass is 408 g/mol. The number of nitro groups is 1. The molecule has 0 aliphatic heterocycles. The van der Waals surface area contributed by atoms with Crippen LogP contribution in [0.1, 0.15) is 0 Å². The topological polar surface area (TPSA) is 116 Å². The fourth-order valence-corrected chi connectivity index (χ4v) is 3.41. The van der Waals surface area contributed by atoms with Crippen molar-refractivity contribution in [2.24, 2.45) is 0 Å². The third-order valence-corrected chi connectivity index (χ3v) is 5.00. The van der Waals surface area contributed by atoms with E-state index in [1.54, 1.807) is 24.3 Å². The number of anilines is 1. The van der Waals surface area contributed by atoms with Gasteiger partial charge >= 0.3 is 0 Å². The molecule has 3 aromatic rings. The zero-order valence-corrected chi connectivity index (χ0v) is 15.2. The average molecular weight is 409 g/mol. The number of hydrogen-bond acceptors (Lipinski definition) is 6. The fourth-order valence-electron chi connectivity index (χ4n) is 2.16. The Labute approximate surface area is 159 Å². The Balaban J connectivity index is 1.69. The lowest BCUT2D eigenvalue weighted by atomic mass is 10.3. The van der Waals surface area contributed by atoms with E-state index < -0.39 is 14.9 Å². The summed E-state index contributed by atoms with van der Waals surface area (Å²) < 4.78 is 34.0. The van der Waals surface area contributed by atoms with Crippen molar-refractivity contribution >= 4 is 33.0 Å². The predicted molar refractivity (Wildman–Crippen MR) is 98.2 cm³/mol. The molecule has 2 aromatic carbocycles. The minimum Gasteiger partial charge on any atom is -0.471 e. The summed E-state index contributed by atoms with van der Waals surface area (Å²) in [6, 6.07) is 11.6. The molecule has 27 heavy (non-hydrogen) atoms. The highest BCUT2D eigenvalue weighted by atomic mass is 35.5. The van der Waals surface area contributed by atoms with Crippen LogP contribution in [0.25, 0.3) is 0 Å². The van der Waals surface area contributed by atoms with Crippen LogP contribution >= 0.6 is 11.6 Å². The molecule has 0 spiro atoms. The highest BCUT2D eigenvalue weighted by Gasteiger charge is 2.18. The van der Waals surface area contributed by atoms with Gasteiger partial charge in [-0.3, -0.25) is 14.8 Å². The average Bonchev–Trinajstić information content (AvgIpc) is 3.07. The Kier molecular flexibility index (Phi) is 5.28. The van der Waals surface area contributed by atoms with Gasteiger partial charge < -0.3 is 4.74 Å². The molecule has 0 aliphatic rings. The zero-order valence-electron chi connectivity index (χ0n) is 13.6. The lowest BCUT2D eigenvalue weighted by Gasteiger charge is -2.07. The van der Waals surface area contributed by atoms with E-state index in [0.29, 0.717) is 10.8 Å². The lowest BCUT2D eigenvalue weighted by molar-refractivity contribution is -0.385. The van der Waals surface area contributed by atoms with Crippen molar-refractivity contribution in [1.82, 2.24) is 9.78 Å². The number of benzene rings is 2. The molecule has 0 radical (unpaired) electrons. The zero-order chi connectivity index (χ0) is 19.4. The number of ether oxygens (including phenoxy) is 1. The first-order valence-electron chi connectivity index (χ1n) is 7.51. The summed E-state index contributed by atoms with van der Waals surface area (Å²) >= 11 is 5.87. The van der Waals surface area contributed by atoms with Gasteiger partial charge in [0.1, 0.15) is 5.75 Å². The Morgan fingerprint density at radius 2 is 2.00 bits per heavy atom. The molecule has 0 bridgehead atoms. The predicted octanol–water partition coefficient (Wildman–Crippen LogP) is 3.28. The van der Waals surface area contributed by atoms with Crippen LogP contribution in [0.5, 0.6) is 5.75 Å². The minimum atomic E-state index is -3.99. The first kappa shape index (κ1) is 18.7. The molecule has 0 saturated heterocycles. The summed E-state index contributed by atoms with van der Waals surface area (Å²) in [4.78, 5) is 9.92. The van der Waals surface area contributed by atoms with Crippen LogP contribution in [0, 0.1) is 10.1 Å². The Bertz CT molecular complexity index is 1080. The summed E-state index contributed by atoms with van der Waals surface area (Å²) in [5.41, 5.74) is -0.125. The number of nitro benzene ring substituents is 1. The summed E-state index contributed by atoms with van der Waals surface area (Å²) in [6.07, 6.45) is 2.73. The van der Waals surface area contributed by atoms with E-state index in [-0.39, 0.29) is 23.0 Å². The van der Waals surface area contributed by atoms with Crippen molar-refractivity contribution in [3.8, 4) is 5.75 Å². The molecule has 0 saturated carbocycles. The second kappa shape index (κ2) is 7.64. The van der Waals surface area contributed by atoms with Gasteiger partial charge in [0.2, 0.25) is 0 Å². The van der Waals surface area contributed by atoms with Crippen molar-refractivity contribution < 1.29 is 18.1 Å². The van der Waals surface area contributed by atoms with E-state index in [2.05, 4.69) is 9.82 Å². The normalized spacial score (nSPS) is 11.1. The molecule has 0 amide bonds. The molecule has 3 rings (SSSR count). The number of halogens is 1.